The van der Waals surface area contributed by atoms with Crippen molar-refractivity contribution in [3.05, 3.63) is 50.6 Å². The lowest BCUT2D eigenvalue weighted by molar-refractivity contribution is -0.393. The van der Waals surface area contributed by atoms with Crippen LogP contribution in [0.3, 0.4) is 0 Å². The molecule has 9 nitrogen and oxygen atoms in total. The Balaban J connectivity index is 2.87. The van der Waals surface area contributed by atoms with Gasteiger partial charge in [0.2, 0.25) is 0 Å². The van der Waals surface area contributed by atoms with Gasteiger partial charge in [0.1, 0.15) is 0 Å². The van der Waals surface area contributed by atoms with E-state index in [1.54, 1.807) is 19.3 Å². The van der Waals surface area contributed by atoms with Crippen molar-refractivity contribution in [2.24, 2.45) is 10.2 Å². The largest absolute Gasteiger partial charge is 0.375 e. The first-order chi connectivity index (χ1) is 10.3. The highest BCUT2D eigenvalue weighted by Gasteiger charge is 2.19. The molecule has 118 valence electrons. The molecule has 22 heavy (non-hydrogen) atoms. The third-order valence-electron chi connectivity index (χ3n) is 2.78. The van der Waals surface area contributed by atoms with Crippen molar-refractivity contribution in [1.82, 2.24) is 0 Å². The van der Waals surface area contributed by atoms with E-state index in [0.717, 1.165) is 12.1 Å². The summed E-state index contributed by atoms with van der Waals surface area (Å²) in [6, 6.07) is 3.20. The van der Waals surface area contributed by atoms with Crippen molar-refractivity contribution in [1.29, 1.82) is 0 Å². The van der Waals surface area contributed by atoms with Gasteiger partial charge in [0.05, 0.1) is 28.1 Å². The predicted molar refractivity (Wildman–Crippen MR) is 79.4 cm³/mol. The first-order valence-electron chi connectivity index (χ1n) is 6.30. The van der Waals surface area contributed by atoms with E-state index in [1.165, 1.54) is 6.07 Å². The van der Waals surface area contributed by atoms with Crippen molar-refractivity contribution in [2.75, 3.05) is 13.7 Å². The number of hydrogen-bond acceptors (Lipinski definition) is 7. The summed E-state index contributed by atoms with van der Waals surface area (Å²) in [7, 11) is 1.58. The van der Waals surface area contributed by atoms with Crippen LogP contribution in [0.2, 0.25) is 0 Å². The molecule has 1 rings (SSSR count). The zero-order valence-corrected chi connectivity index (χ0v) is 12.4. The van der Waals surface area contributed by atoms with Gasteiger partial charge in [-0.3, -0.25) is 20.2 Å². The van der Waals surface area contributed by atoms with Crippen LogP contribution >= 0.6 is 0 Å². The smallest absolute Gasteiger partial charge is 0.303 e. The van der Waals surface area contributed by atoms with E-state index in [-0.39, 0.29) is 17.9 Å². The summed E-state index contributed by atoms with van der Waals surface area (Å²) >= 11 is 0. The minimum absolute atomic E-state index is 0.0324. The van der Waals surface area contributed by atoms with E-state index < -0.39 is 21.1 Å². The molecule has 0 aliphatic heterocycles. The summed E-state index contributed by atoms with van der Waals surface area (Å²) < 4.78 is 5.18. The van der Waals surface area contributed by atoms with E-state index in [9.17, 15) is 20.2 Å². The van der Waals surface area contributed by atoms with Gasteiger partial charge in [-0.1, -0.05) is 12.2 Å². The summed E-state index contributed by atoms with van der Waals surface area (Å²) in [5.41, 5.74) is -1.30. The van der Waals surface area contributed by atoms with Crippen molar-refractivity contribution >= 4 is 17.1 Å². The Kier molecular flexibility index (Phi) is 5.81. The highest BCUT2D eigenvalue weighted by atomic mass is 16.6. The number of nitrogens with zero attached hydrogens (tertiary/aromatic N) is 4. The fourth-order valence-electron chi connectivity index (χ4n) is 1.42. The van der Waals surface area contributed by atoms with E-state index in [0.29, 0.717) is 0 Å². The highest BCUT2D eigenvalue weighted by molar-refractivity contribution is 5.61. The van der Waals surface area contributed by atoms with Gasteiger partial charge in [0, 0.05) is 13.2 Å². The summed E-state index contributed by atoms with van der Waals surface area (Å²) in [6.45, 7) is 3.94. The zero-order valence-electron chi connectivity index (χ0n) is 12.4. The zero-order chi connectivity index (χ0) is 16.8. The molecule has 0 saturated carbocycles. The number of ether oxygens (including phenoxy) is 1. The van der Waals surface area contributed by atoms with E-state index in [4.69, 9.17) is 4.74 Å². The van der Waals surface area contributed by atoms with Crippen LogP contribution < -0.4 is 0 Å². The minimum Gasteiger partial charge on any atom is -0.375 e. The molecule has 0 saturated heterocycles. The predicted octanol–water partition coefficient (Wildman–Crippen LogP) is 3.57. The van der Waals surface area contributed by atoms with Crippen LogP contribution in [-0.2, 0) is 4.74 Å². The van der Waals surface area contributed by atoms with Crippen LogP contribution in [0.5, 0.6) is 0 Å². The number of nitro groups is 2. The summed E-state index contributed by atoms with van der Waals surface area (Å²) in [4.78, 5) is 20.1. The standard InChI is InChI=1S/C13H16N4O5/c1-13(2,22-3)7-4-8-14-15-11-6-5-10(16(18)19)9-12(11)17(20)21/h4-7,9H,8H2,1-3H3/b7-4+,15-14?. The SMILES string of the molecule is COC(C)(C)/C=C/CN=Nc1ccc([N+](=O)[O-])cc1[N+](=O)[O-]. The lowest BCUT2D eigenvalue weighted by Crippen LogP contribution is -2.18. The molecule has 0 N–H and O–H groups in total. The molecule has 0 spiro atoms. The monoisotopic (exact) mass is 308 g/mol. The fraction of sp³-hybridized carbons (Fsp3) is 0.385. The van der Waals surface area contributed by atoms with Gasteiger partial charge in [0.15, 0.2) is 5.69 Å². The van der Waals surface area contributed by atoms with Crippen LogP contribution in [0, 0.1) is 20.2 Å². The number of non-ortho nitro benzene ring substituents is 1. The molecule has 0 atom stereocenters. The van der Waals surface area contributed by atoms with Crippen molar-refractivity contribution in [3.63, 3.8) is 0 Å². The molecule has 1 aromatic rings. The summed E-state index contributed by atoms with van der Waals surface area (Å²) in [5.74, 6) is 0. The molecule has 0 heterocycles. The molecule has 0 bridgehead atoms. The average Bonchev–Trinajstić information content (AvgIpc) is 2.46. The maximum atomic E-state index is 10.9. The van der Waals surface area contributed by atoms with E-state index in [2.05, 4.69) is 10.2 Å². The van der Waals surface area contributed by atoms with E-state index in [1.807, 2.05) is 13.8 Å². The lowest BCUT2D eigenvalue weighted by atomic mass is 10.1. The number of azo groups is 1. The molecule has 0 amide bonds. The molecular formula is C13H16N4O5. The molecule has 0 aromatic heterocycles. The topological polar surface area (TPSA) is 120 Å². The second kappa shape index (κ2) is 7.36. The van der Waals surface area contributed by atoms with Crippen LogP contribution in [0.4, 0.5) is 17.1 Å². The number of hydrogen-bond donors (Lipinski definition) is 0. The molecule has 0 fully saturated rings. The second-order valence-corrected chi connectivity index (χ2v) is 4.82. The Bertz CT molecular complexity index is 625. The summed E-state index contributed by atoms with van der Waals surface area (Å²) in [6.07, 6.45) is 3.50. The van der Waals surface area contributed by atoms with Gasteiger partial charge in [0.25, 0.3) is 5.69 Å². The second-order valence-electron chi connectivity index (χ2n) is 4.82. The third-order valence-corrected chi connectivity index (χ3v) is 2.78. The molecule has 1 aromatic carbocycles. The van der Waals surface area contributed by atoms with Gasteiger partial charge < -0.3 is 4.74 Å². The normalized spacial score (nSPS) is 12.1. The maximum absolute atomic E-state index is 10.9. The number of methoxy groups -OCH3 is 1. The highest BCUT2D eigenvalue weighted by Crippen LogP contribution is 2.31. The number of nitro benzene ring substituents is 2. The van der Waals surface area contributed by atoms with Crippen LogP contribution in [-0.4, -0.2) is 29.1 Å². The van der Waals surface area contributed by atoms with Crippen molar-refractivity contribution in [3.8, 4) is 0 Å². The number of rotatable bonds is 7. The van der Waals surface area contributed by atoms with Gasteiger partial charge >= 0.3 is 5.69 Å². The Morgan fingerprint density at radius 1 is 1.27 bits per heavy atom. The minimum atomic E-state index is -0.731. The molecule has 0 radical (unpaired) electrons. The van der Waals surface area contributed by atoms with Gasteiger partial charge in [-0.2, -0.15) is 5.11 Å². The maximum Gasteiger partial charge on any atom is 0.303 e. The molecule has 9 heteroatoms. The molecule has 0 unspecified atom stereocenters. The molecular weight excluding hydrogens is 292 g/mol. The Morgan fingerprint density at radius 2 is 1.95 bits per heavy atom. The summed E-state index contributed by atoms with van der Waals surface area (Å²) in [5, 5.41) is 29.1. The number of benzene rings is 1. The van der Waals surface area contributed by atoms with Crippen molar-refractivity contribution < 1.29 is 14.6 Å². The van der Waals surface area contributed by atoms with Crippen molar-refractivity contribution in [2.45, 2.75) is 19.4 Å². The van der Waals surface area contributed by atoms with Gasteiger partial charge in [-0.25, -0.2) is 0 Å². The molecule has 0 aliphatic rings. The first-order valence-corrected chi connectivity index (χ1v) is 6.30. The fourth-order valence-corrected chi connectivity index (χ4v) is 1.42. The average molecular weight is 308 g/mol. The Morgan fingerprint density at radius 3 is 2.50 bits per heavy atom. The molecule has 0 aliphatic carbocycles. The third kappa shape index (κ3) is 5.02. The van der Waals surface area contributed by atoms with Gasteiger partial charge in [-0.15, -0.1) is 5.11 Å². The van der Waals surface area contributed by atoms with E-state index >= 15 is 0 Å². The quantitative estimate of drug-likeness (QED) is 0.330. The van der Waals surface area contributed by atoms with Crippen LogP contribution in [0.15, 0.2) is 40.6 Å². The lowest BCUT2D eigenvalue weighted by Gasteiger charge is -2.17. The van der Waals surface area contributed by atoms with Crippen LogP contribution in [0.1, 0.15) is 13.8 Å². The van der Waals surface area contributed by atoms with Gasteiger partial charge in [-0.05, 0) is 19.9 Å². The Labute approximate surface area is 126 Å². The van der Waals surface area contributed by atoms with Crippen LogP contribution in [0.25, 0.3) is 0 Å². The Hall–Kier alpha value is -2.68. The first kappa shape index (κ1) is 17.4.